The minimum Gasteiger partial charge on any atom is -0.355 e. The third-order valence-corrected chi connectivity index (χ3v) is 6.81. The molecule has 1 N–H and O–H groups in total. The van der Waals surface area contributed by atoms with E-state index in [0.717, 1.165) is 48.9 Å². The standard InChI is InChI=1S/C28H28N6O4/c1-19(35)33-24-17-22(34(37)38)10-11-23(24)26(28(33)36)27(20-7-4-3-5-8-20)30-21-9-12-25(29-18-21)32-14-6-13-31(2)15-16-32/h3-5,7-12,17-18,30H,6,13-16H2,1-2H3/b27-26-. The van der Waals surface area contributed by atoms with Crippen molar-refractivity contribution in [1.29, 1.82) is 0 Å². The second-order valence-corrected chi connectivity index (χ2v) is 9.41. The summed E-state index contributed by atoms with van der Waals surface area (Å²) < 4.78 is 0. The van der Waals surface area contributed by atoms with E-state index in [1.807, 2.05) is 42.5 Å². The van der Waals surface area contributed by atoms with E-state index >= 15 is 0 Å². The third-order valence-electron chi connectivity index (χ3n) is 6.81. The Hall–Kier alpha value is -4.57. The van der Waals surface area contributed by atoms with E-state index in [4.69, 9.17) is 0 Å². The number of anilines is 3. The Morgan fingerprint density at radius 3 is 2.50 bits per heavy atom. The molecule has 1 fully saturated rings. The molecule has 0 atom stereocenters. The minimum absolute atomic E-state index is 0.196. The molecule has 0 saturated carbocycles. The first-order valence-corrected chi connectivity index (χ1v) is 12.4. The van der Waals surface area contributed by atoms with E-state index in [2.05, 4.69) is 27.1 Å². The van der Waals surface area contributed by atoms with Gasteiger partial charge in [-0.15, -0.1) is 0 Å². The molecule has 3 heterocycles. The molecule has 3 aromatic rings. The van der Waals surface area contributed by atoms with Crippen LogP contribution in [0.2, 0.25) is 0 Å². The number of aromatic nitrogens is 1. The minimum atomic E-state index is -0.545. The van der Waals surface area contributed by atoms with E-state index in [1.54, 1.807) is 6.20 Å². The first-order valence-electron chi connectivity index (χ1n) is 12.4. The van der Waals surface area contributed by atoms with Crippen LogP contribution < -0.4 is 15.1 Å². The van der Waals surface area contributed by atoms with Gasteiger partial charge in [0.05, 0.1) is 33.8 Å². The molecule has 38 heavy (non-hydrogen) atoms. The monoisotopic (exact) mass is 512 g/mol. The van der Waals surface area contributed by atoms with Gasteiger partial charge >= 0.3 is 0 Å². The van der Waals surface area contributed by atoms with Gasteiger partial charge in [0.15, 0.2) is 0 Å². The van der Waals surface area contributed by atoms with Crippen molar-refractivity contribution in [2.45, 2.75) is 13.3 Å². The average Bonchev–Trinajstić information content (AvgIpc) is 3.03. The van der Waals surface area contributed by atoms with Gasteiger partial charge in [0, 0.05) is 44.3 Å². The number of non-ortho nitro benzene ring substituents is 1. The highest BCUT2D eigenvalue weighted by atomic mass is 16.6. The van der Waals surface area contributed by atoms with Crippen LogP contribution in [-0.4, -0.2) is 59.8 Å². The van der Waals surface area contributed by atoms with Crippen molar-refractivity contribution >= 4 is 46.0 Å². The van der Waals surface area contributed by atoms with E-state index in [9.17, 15) is 19.7 Å². The Balaban J connectivity index is 1.57. The van der Waals surface area contributed by atoms with Crippen molar-refractivity contribution in [3.63, 3.8) is 0 Å². The normalized spacial score (nSPS) is 17.2. The molecule has 10 nitrogen and oxygen atoms in total. The van der Waals surface area contributed by atoms with Crippen LogP contribution in [0.3, 0.4) is 0 Å². The molecule has 1 saturated heterocycles. The van der Waals surface area contributed by atoms with Crippen LogP contribution in [0.5, 0.6) is 0 Å². The van der Waals surface area contributed by atoms with Gasteiger partial charge in [0.25, 0.3) is 11.6 Å². The van der Waals surface area contributed by atoms with E-state index < -0.39 is 16.7 Å². The molecular formula is C28H28N6O4. The number of amides is 2. The van der Waals surface area contributed by atoms with Gasteiger partial charge in [-0.1, -0.05) is 30.3 Å². The van der Waals surface area contributed by atoms with Gasteiger partial charge in [-0.05, 0) is 43.8 Å². The van der Waals surface area contributed by atoms with Crippen LogP contribution in [0.1, 0.15) is 24.5 Å². The van der Waals surface area contributed by atoms with Crippen molar-refractivity contribution in [3.8, 4) is 0 Å². The number of nitrogens with one attached hydrogen (secondary N) is 1. The highest BCUT2D eigenvalue weighted by Crippen LogP contribution is 2.42. The maximum Gasteiger partial charge on any atom is 0.271 e. The third kappa shape index (κ3) is 4.85. The number of rotatable bonds is 5. The topological polar surface area (TPSA) is 112 Å². The Kier molecular flexibility index (Phi) is 6.89. The van der Waals surface area contributed by atoms with Crippen molar-refractivity contribution in [2.75, 3.05) is 48.3 Å². The fourth-order valence-corrected chi connectivity index (χ4v) is 4.87. The molecular weight excluding hydrogens is 484 g/mol. The SMILES string of the molecule is CC(=O)N1C(=O)/C(=C(\Nc2ccc(N3CCCN(C)CC3)nc2)c2ccccc2)c2ccc([N+](=O)[O-])cc21. The number of nitro benzene ring substituents is 1. The average molecular weight is 513 g/mol. The predicted octanol–water partition coefficient (Wildman–Crippen LogP) is 4.01. The van der Waals surface area contributed by atoms with E-state index in [1.165, 1.54) is 25.1 Å². The number of imide groups is 1. The van der Waals surface area contributed by atoms with E-state index in [-0.39, 0.29) is 16.9 Å². The molecule has 1 aromatic heterocycles. The predicted molar refractivity (Wildman–Crippen MR) is 147 cm³/mol. The second-order valence-electron chi connectivity index (χ2n) is 9.41. The lowest BCUT2D eigenvalue weighted by atomic mass is 10.00. The molecule has 5 rings (SSSR count). The van der Waals surface area contributed by atoms with Crippen LogP contribution in [0.25, 0.3) is 11.3 Å². The highest BCUT2D eigenvalue weighted by molar-refractivity contribution is 6.43. The first kappa shape index (κ1) is 25.1. The molecule has 194 valence electrons. The number of likely N-dealkylation sites (N-methyl/N-ethyl adjacent to an activating group) is 1. The summed E-state index contributed by atoms with van der Waals surface area (Å²) in [6.07, 6.45) is 2.79. The Labute approximate surface area is 220 Å². The number of nitrogens with zero attached hydrogens (tertiary/aromatic N) is 5. The number of carbonyl (C=O) groups is 2. The zero-order valence-electron chi connectivity index (χ0n) is 21.3. The lowest BCUT2D eigenvalue weighted by Gasteiger charge is -2.22. The molecule has 0 bridgehead atoms. The van der Waals surface area contributed by atoms with Crippen LogP contribution in [0.15, 0.2) is 66.9 Å². The molecule has 2 aliphatic rings. The zero-order chi connectivity index (χ0) is 26.8. The van der Waals surface area contributed by atoms with Crippen molar-refractivity contribution in [2.24, 2.45) is 0 Å². The summed E-state index contributed by atoms with van der Waals surface area (Å²) in [5.74, 6) is -0.178. The summed E-state index contributed by atoms with van der Waals surface area (Å²) in [4.78, 5) is 47.2. The number of fused-ring (bicyclic) bond motifs is 1. The van der Waals surface area contributed by atoms with Gasteiger partial charge in [-0.2, -0.15) is 0 Å². The summed E-state index contributed by atoms with van der Waals surface area (Å²) in [5.41, 5.74) is 2.59. The molecule has 0 radical (unpaired) electrons. The maximum atomic E-state index is 13.6. The summed E-state index contributed by atoms with van der Waals surface area (Å²) in [5, 5.41) is 14.7. The fraction of sp³-hybridized carbons (Fsp3) is 0.250. The van der Waals surface area contributed by atoms with Crippen molar-refractivity contribution < 1.29 is 14.5 Å². The van der Waals surface area contributed by atoms with Crippen molar-refractivity contribution in [3.05, 3.63) is 88.1 Å². The fourth-order valence-electron chi connectivity index (χ4n) is 4.87. The van der Waals surface area contributed by atoms with Crippen LogP contribution in [0, 0.1) is 10.1 Å². The number of pyridine rings is 1. The van der Waals surface area contributed by atoms with Gasteiger partial charge in [-0.3, -0.25) is 19.7 Å². The van der Waals surface area contributed by atoms with Gasteiger partial charge < -0.3 is 15.1 Å². The Morgan fingerprint density at radius 1 is 1.03 bits per heavy atom. The van der Waals surface area contributed by atoms with Gasteiger partial charge in [-0.25, -0.2) is 9.88 Å². The number of hydrogen-bond acceptors (Lipinski definition) is 8. The molecule has 2 aromatic carbocycles. The molecule has 0 aliphatic carbocycles. The van der Waals surface area contributed by atoms with Gasteiger partial charge in [0.2, 0.25) is 5.91 Å². The molecule has 2 aliphatic heterocycles. The first-order chi connectivity index (χ1) is 18.3. The van der Waals surface area contributed by atoms with Crippen LogP contribution in [0.4, 0.5) is 22.9 Å². The lowest BCUT2D eigenvalue weighted by Crippen LogP contribution is -2.31. The summed E-state index contributed by atoms with van der Waals surface area (Å²) in [6, 6.07) is 17.3. The second kappa shape index (κ2) is 10.4. The number of hydrogen-bond donors (Lipinski definition) is 1. The maximum absolute atomic E-state index is 13.6. The highest BCUT2D eigenvalue weighted by Gasteiger charge is 2.38. The smallest absolute Gasteiger partial charge is 0.271 e. The number of benzene rings is 2. The van der Waals surface area contributed by atoms with Crippen LogP contribution >= 0.6 is 0 Å². The zero-order valence-corrected chi connectivity index (χ0v) is 21.3. The summed E-state index contributed by atoms with van der Waals surface area (Å²) in [6.45, 7) is 5.12. The summed E-state index contributed by atoms with van der Waals surface area (Å²) in [7, 11) is 2.12. The molecule has 10 heteroatoms. The Morgan fingerprint density at radius 2 is 1.82 bits per heavy atom. The van der Waals surface area contributed by atoms with E-state index in [0.29, 0.717) is 16.9 Å². The molecule has 0 unspecified atom stereocenters. The quantitative estimate of drug-likeness (QED) is 0.310. The molecule has 0 spiro atoms. The summed E-state index contributed by atoms with van der Waals surface area (Å²) >= 11 is 0. The van der Waals surface area contributed by atoms with Gasteiger partial charge in [0.1, 0.15) is 5.82 Å². The van der Waals surface area contributed by atoms with Crippen molar-refractivity contribution in [1.82, 2.24) is 9.88 Å². The Bertz CT molecular complexity index is 1420. The number of carbonyl (C=O) groups excluding carboxylic acids is 2. The lowest BCUT2D eigenvalue weighted by molar-refractivity contribution is -0.384. The molecule has 2 amide bonds. The number of nitro groups is 1. The largest absolute Gasteiger partial charge is 0.355 e. The van der Waals surface area contributed by atoms with Crippen LogP contribution in [-0.2, 0) is 9.59 Å².